The molecule has 2 aliphatic rings. The molecule has 9 heteroatoms. The normalized spacial score (nSPS) is 23.3. The Balaban J connectivity index is 1.51. The van der Waals surface area contributed by atoms with Crippen molar-refractivity contribution in [2.45, 2.75) is 10.9 Å². The fraction of sp³-hybridized carbons (Fsp3) is 0.238. The van der Waals surface area contributed by atoms with Gasteiger partial charge in [-0.15, -0.1) is 0 Å². The minimum Gasteiger partial charge on any atom is -0.382 e. The zero-order valence-electron chi connectivity index (χ0n) is 15.9. The number of nitrogens with two attached hydrogens (primary N) is 2. The van der Waals surface area contributed by atoms with Gasteiger partial charge in [-0.25, -0.2) is 17.8 Å². The van der Waals surface area contributed by atoms with Gasteiger partial charge in [0.25, 0.3) is 0 Å². The topological polar surface area (TPSA) is 115 Å². The number of anilines is 1. The average Bonchev–Trinajstić information content (AvgIpc) is 3.14. The minimum atomic E-state index is -3.70. The fourth-order valence-electron chi connectivity index (χ4n) is 4.17. The molecule has 2 fully saturated rings. The van der Waals surface area contributed by atoms with E-state index in [9.17, 15) is 12.8 Å². The van der Waals surface area contributed by atoms with Crippen LogP contribution in [-0.2, 0) is 10.0 Å². The highest BCUT2D eigenvalue weighted by molar-refractivity contribution is 7.89. The Morgan fingerprint density at radius 3 is 2.40 bits per heavy atom. The van der Waals surface area contributed by atoms with Crippen molar-refractivity contribution < 1.29 is 12.8 Å². The van der Waals surface area contributed by atoms with Gasteiger partial charge < -0.3 is 11.5 Å². The Bertz CT molecular complexity index is 1220. The van der Waals surface area contributed by atoms with Gasteiger partial charge in [0.2, 0.25) is 10.0 Å². The van der Waals surface area contributed by atoms with Crippen LogP contribution in [0.4, 0.5) is 10.2 Å². The minimum absolute atomic E-state index is 0.102. The Hall–Kier alpha value is -2.88. The van der Waals surface area contributed by atoms with E-state index in [2.05, 4.69) is 9.97 Å². The summed E-state index contributed by atoms with van der Waals surface area (Å²) in [5.74, 6) is 0.206. The van der Waals surface area contributed by atoms with Gasteiger partial charge in [-0.2, -0.15) is 4.31 Å². The van der Waals surface area contributed by atoms with E-state index in [0.717, 1.165) is 0 Å². The summed E-state index contributed by atoms with van der Waals surface area (Å²) in [5.41, 5.74) is 13.0. The highest BCUT2D eigenvalue weighted by Gasteiger charge is 2.56. The van der Waals surface area contributed by atoms with Crippen LogP contribution in [0.2, 0.25) is 0 Å². The molecule has 3 aromatic rings. The molecule has 1 unspecified atom stereocenters. The summed E-state index contributed by atoms with van der Waals surface area (Å²) in [5, 5.41) is 0. The molecule has 5 rings (SSSR count). The monoisotopic (exact) mass is 425 g/mol. The first-order valence-corrected chi connectivity index (χ1v) is 11.0. The summed E-state index contributed by atoms with van der Waals surface area (Å²) in [6.07, 6.45) is 2.76. The highest BCUT2D eigenvalue weighted by Crippen LogP contribution is 2.46. The van der Waals surface area contributed by atoms with Gasteiger partial charge in [0.05, 0.1) is 23.0 Å². The van der Waals surface area contributed by atoms with Crippen LogP contribution < -0.4 is 11.5 Å². The molecule has 30 heavy (non-hydrogen) atoms. The van der Waals surface area contributed by atoms with Crippen LogP contribution in [0, 0.1) is 17.7 Å². The molecule has 1 saturated carbocycles. The number of fused-ring (bicyclic) bond motifs is 1. The van der Waals surface area contributed by atoms with Crippen molar-refractivity contribution in [2.75, 3.05) is 18.8 Å². The third-order valence-corrected chi connectivity index (χ3v) is 7.85. The van der Waals surface area contributed by atoms with E-state index in [1.165, 1.54) is 22.8 Å². The molecule has 2 aromatic carbocycles. The van der Waals surface area contributed by atoms with Crippen LogP contribution in [0.25, 0.3) is 22.4 Å². The maximum absolute atomic E-state index is 14.9. The number of hydrogen-bond donors (Lipinski definition) is 2. The number of aromatic nitrogens is 2. The van der Waals surface area contributed by atoms with Crippen molar-refractivity contribution in [3.63, 3.8) is 0 Å². The Morgan fingerprint density at radius 1 is 1.00 bits per heavy atom. The maximum Gasteiger partial charge on any atom is 0.243 e. The lowest BCUT2D eigenvalue weighted by molar-refractivity contribution is 0.432. The summed E-state index contributed by atoms with van der Waals surface area (Å²) < 4.78 is 42.9. The van der Waals surface area contributed by atoms with Gasteiger partial charge >= 0.3 is 0 Å². The smallest absolute Gasteiger partial charge is 0.243 e. The van der Waals surface area contributed by atoms with Gasteiger partial charge in [0, 0.05) is 30.3 Å². The number of benzene rings is 2. The molecule has 0 spiro atoms. The number of piperidine rings is 1. The second-order valence-corrected chi connectivity index (χ2v) is 9.65. The van der Waals surface area contributed by atoms with E-state index < -0.39 is 15.8 Å². The lowest BCUT2D eigenvalue weighted by Crippen LogP contribution is -2.34. The molecule has 1 aromatic heterocycles. The number of rotatable bonds is 4. The molecular formula is C21H20FN5O2S. The molecule has 1 aliphatic carbocycles. The molecule has 1 saturated heterocycles. The SMILES string of the molecule is Nc1cnc(-c2ccc(-c3ccccc3S(=O)(=O)N3C[C@@H]4C(N)[C@@H]4C3)cc2F)cn1. The summed E-state index contributed by atoms with van der Waals surface area (Å²) in [6.45, 7) is 0.872. The molecule has 0 bridgehead atoms. The first kappa shape index (κ1) is 19.1. The summed E-state index contributed by atoms with van der Waals surface area (Å²) >= 11 is 0. The number of halogens is 1. The first-order valence-electron chi connectivity index (χ1n) is 9.59. The second-order valence-electron chi connectivity index (χ2n) is 7.74. The maximum atomic E-state index is 14.9. The van der Waals surface area contributed by atoms with Crippen LogP contribution >= 0.6 is 0 Å². The van der Waals surface area contributed by atoms with Gasteiger partial charge in [-0.05, 0) is 35.6 Å². The van der Waals surface area contributed by atoms with Crippen LogP contribution in [0.5, 0.6) is 0 Å². The zero-order valence-corrected chi connectivity index (χ0v) is 16.8. The lowest BCUT2D eigenvalue weighted by Gasteiger charge is -2.21. The Kier molecular flexibility index (Phi) is 4.35. The third-order valence-electron chi connectivity index (χ3n) is 5.96. The molecule has 1 aliphatic heterocycles. The summed E-state index contributed by atoms with van der Waals surface area (Å²) in [7, 11) is -3.70. The van der Waals surface area contributed by atoms with Gasteiger partial charge in [-0.3, -0.25) is 4.98 Å². The van der Waals surface area contributed by atoms with Crippen molar-refractivity contribution in [1.82, 2.24) is 14.3 Å². The molecule has 2 heterocycles. The summed E-state index contributed by atoms with van der Waals surface area (Å²) in [4.78, 5) is 8.20. The van der Waals surface area contributed by atoms with E-state index in [0.29, 0.717) is 29.9 Å². The van der Waals surface area contributed by atoms with E-state index in [1.54, 1.807) is 36.4 Å². The van der Waals surface area contributed by atoms with Crippen molar-refractivity contribution in [1.29, 1.82) is 0 Å². The van der Waals surface area contributed by atoms with Crippen molar-refractivity contribution in [3.05, 3.63) is 60.7 Å². The van der Waals surface area contributed by atoms with E-state index in [4.69, 9.17) is 11.5 Å². The van der Waals surface area contributed by atoms with Gasteiger partial charge in [0.1, 0.15) is 11.6 Å². The zero-order chi connectivity index (χ0) is 21.0. The lowest BCUT2D eigenvalue weighted by atomic mass is 10.0. The molecule has 154 valence electrons. The van der Waals surface area contributed by atoms with Crippen LogP contribution in [0.15, 0.2) is 59.8 Å². The summed E-state index contributed by atoms with van der Waals surface area (Å²) in [6, 6.07) is 11.3. The Morgan fingerprint density at radius 2 is 1.73 bits per heavy atom. The predicted octanol–water partition coefficient (Wildman–Crippen LogP) is 2.11. The standard InChI is InChI=1S/C21H20FN5O2S/c22-17-7-12(5-6-14(17)18-8-26-20(23)9-25-18)13-3-1-2-4-19(13)30(28,29)27-10-15-16(11-27)21(15)24/h1-9,15-16,21H,10-11,24H2,(H2,23,26)/t15-,16+,21?. The number of nitrogen functional groups attached to an aromatic ring is 1. The van der Waals surface area contributed by atoms with E-state index in [1.807, 2.05) is 0 Å². The predicted molar refractivity (Wildman–Crippen MR) is 111 cm³/mol. The van der Waals surface area contributed by atoms with Crippen molar-refractivity contribution in [2.24, 2.45) is 17.6 Å². The van der Waals surface area contributed by atoms with Crippen molar-refractivity contribution in [3.8, 4) is 22.4 Å². The van der Waals surface area contributed by atoms with Crippen LogP contribution in [0.3, 0.4) is 0 Å². The second kappa shape index (κ2) is 6.83. The quantitative estimate of drug-likeness (QED) is 0.662. The molecular weight excluding hydrogens is 405 g/mol. The van der Waals surface area contributed by atoms with Crippen LogP contribution in [0.1, 0.15) is 0 Å². The first-order chi connectivity index (χ1) is 14.4. The third kappa shape index (κ3) is 3.06. The molecule has 0 radical (unpaired) electrons. The molecule has 7 nitrogen and oxygen atoms in total. The molecule has 0 amide bonds. The van der Waals surface area contributed by atoms with E-state index >= 15 is 0 Å². The molecule has 3 atom stereocenters. The fourth-order valence-corrected chi connectivity index (χ4v) is 5.90. The van der Waals surface area contributed by atoms with Gasteiger partial charge in [-0.1, -0.05) is 24.3 Å². The largest absolute Gasteiger partial charge is 0.382 e. The molecule has 4 N–H and O–H groups in total. The number of hydrogen-bond acceptors (Lipinski definition) is 6. The number of nitrogens with zero attached hydrogens (tertiary/aromatic N) is 3. The van der Waals surface area contributed by atoms with Gasteiger partial charge in [0.15, 0.2) is 0 Å². The van der Waals surface area contributed by atoms with E-state index in [-0.39, 0.29) is 34.2 Å². The van der Waals surface area contributed by atoms with Crippen LogP contribution in [-0.4, -0.2) is 41.8 Å². The number of sulfonamides is 1. The average molecular weight is 425 g/mol. The highest BCUT2D eigenvalue weighted by atomic mass is 32.2. The Labute approximate surface area is 173 Å². The van der Waals surface area contributed by atoms with Crippen molar-refractivity contribution >= 4 is 15.8 Å².